The van der Waals surface area contributed by atoms with Crippen LogP contribution in [-0.4, -0.2) is 66.3 Å². The van der Waals surface area contributed by atoms with Crippen molar-refractivity contribution in [1.82, 2.24) is 24.0 Å². The Labute approximate surface area is 97.8 Å². The van der Waals surface area contributed by atoms with Gasteiger partial charge >= 0.3 is 14.0 Å². The van der Waals surface area contributed by atoms with Crippen LogP contribution in [0.1, 0.15) is 0 Å². The second-order valence-corrected chi connectivity index (χ2v) is 7.65. The van der Waals surface area contributed by atoms with Gasteiger partial charge in [0.1, 0.15) is 0 Å². The SMILES string of the molecule is CN(C)[P+](Oc1ncc[nH]1)(N(C)C)N(C)C. The van der Waals surface area contributed by atoms with Crippen LogP contribution in [-0.2, 0) is 0 Å². The fourth-order valence-corrected chi connectivity index (χ4v) is 4.70. The van der Waals surface area contributed by atoms with E-state index < -0.39 is 7.94 Å². The van der Waals surface area contributed by atoms with E-state index in [4.69, 9.17) is 4.52 Å². The van der Waals surface area contributed by atoms with Crippen LogP contribution in [0.5, 0.6) is 6.01 Å². The number of aromatic amines is 1. The van der Waals surface area contributed by atoms with Gasteiger partial charge in [-0.2, -0.15) is 0 Å². The summed E-state index contributed by atoms with van der Waals surface area (Å²) < 4.78 is 12.3. The number of nitrogens with zero attached hydrogens (tertiary/aromatic N) is 4. The molecule has 1 N–H and O–H groups in total. The Balaban J connectivity index is 3.02. The number of aromatic nitrogens is 2. The molecule has 0 atom stereocenters. The molecule has 0 spiro atoms. The highest BCUT2D eigenvalue weighted by Gasteiger charge is 2.53. The number of rotatable bonds is 5. The molecule has 0 bridgehead atoms. The molecule has 1 aromatic rings. The summed E-state index contributed by atoms with van der Waals surface area (Å²) in [6.07, 6.45) is 3.44. The Hall–Kier alpha value is -0.680. The van der Waals surface area contributed by atoms with Gasteiger partial charge in [0.15, 0.2) is 0 Å². The minimum absolute atomic E-state index is 0.546. The molecule has 92 valence electrons. The Morgan fingerprint density at radius 2 is 1.56 bits per heavy atom. The second-order valence-electron chi connectivity index (χ2n) is 4.04. The average Bonchev–Trinajstić information content (AvgIpc) is 2.64. The molecule has 0 aliphatic rings. The van der Waals surface area contributed by atoms with Gasteiger partial charge in [-0.15, -0.1) is 14.0 Å². The van der Waals surface area contributed by atoms with E-state index in [-0.39, 0.29) is 0 Å². The zero-order valence-electron chi connectivity index (χ0n) is 10.8. The summed E-state index contributed by atoms with van der Waals surface area (Å²) in [7, 11) is 10.1. The highest BCUT2D eigenvalue weighted by atomic mass is 31.2. The zero-order chi connectivity index (χ0) is 12.3. The van der Waals surface area contributed by atoms with Crippen LogP contribution in [0.4, 0.5) is 0 Å². The molecule has 6 nitrogen and oxygen atoms in total. The van der Waals surface area contributed by atoms with Crippen molar-refractivity contribution in [3.05, 3.63) is 12.4 Å². The van der Waals surface area contributed by atoms with Gasteiger partial charge in [-0.25, -0.2) is 4.98 Å². The summed E-state index contributed by atoms with van der Waals surface area (Å²) in [5.41, 5.74) is 0. The van der Waals surface area contributed by atoms with Crippen LogP contribution in [0.15, 0.2) is 12.4 Å². The standard InChI is InChI=1S/C9H21N5OP/c1-12(2)16(13(3)4,14(5)6)15-9-10-7-8-11-9/h7-8H,1-6H3,(H,10,11)/q+1. The minimum Gasteiger partial charge on any atom is -0.311 e. The van der Waals surface area contributed by atoms with Gasteiger partial charge in [-0.05, 0) is 0 Å². The van der Waals surface area contributed by atoms with E-state index in [2.05, 4.69) is 24.0 Å². The van der Waals surface area contributed by atoms with E-state index >= 15 is 0 Å². The Morgan fingerprint density at radius 1 is 1.06 bits per heavy atom. The van der Waals surface area contributed by atoms with E-state index in [0.717, 1.165) is 0 Å². The second kappa shape index (κ2) is 5.10. The van der Waals surface area contributed by atoms with Crippen LogP contribution in [0.25, 0.3) is 0 Å². The van der Waals surface area contributed by atoms with Gasteiger partial charge in [-0.3, -0.25) is 4.52 Å². The topological polar surface area (TPSA) is 47.6 Å². The molecule has 0 amide bonds. The van der Waals surface area contributed by atoms with E-state index in [1.54, 1.807) is 12.4 Å². The normalized spacial score (nSPS) is 12.8. The molecule has 0 saturated heterocycles. The van der Waals surface area contributed by atoms with Crippen molar-refractivity contribution in [1.29, 1.82) is 0 Å². The lowest BCUT2D eigenvalue weighted by Crippen LogP contribution is -2.39. The summed E-state index contributed by atoms with van der Waals surface area (Å²) in [5.74, 6) is 0. The smallest absolute Gasteiger partial charge is 0.311 e. The fourth-order valence-electron chi connectivity index (χ4n) is 1.73. The van der Waals surface area contributed by atoms with Crippen molar-refractivity contribution >= 4 is 7.94 Å². The van der Waals surface area contributed by atoms with Crippen molar-refractivity contribution < 1.29 is 4.52 Å². The number of H-pyrrole nitrogens is 1. The molecule has 0 aliphatic heterocycles. The van der Waals surface area contributed by atoms with Crippen molar-refractivity contribution in [2.75, 3.05) is 42.3 Å². The molecule has 0 aliphatic carbocycles. The molecule has 7 heteroatoms. The van der Waals surface area contributed by atoms with Gasteiger partial charge in [0.2, 0.25) is 0 Å². The summed E-state index contributed by atoms with van der Waals surface area (Å²) in [6, 6.07) is 0.546. The van der Waals surface area contributed by atoms with Crippen molar-refractivity contribution in [2.24, 2.45) is 0 Å². The lowest BCUT2D eigenvalue weighted by Gasteiger charge is -2.35. The first-order valence-electron chi connectivity index (χ1n) is 5.02. The maximum atomic E-state index is 6.05. The Bertz CT molecular complexity index is 290. The Kier molecular flexibility index (Phi) is 4.27. The van der Waals surface area contributed by atoms with Crippen molar-refractivity contribution in [3.8, 4) is 6.01 Å². The number of nitrogens with one attached hydrogen (secondary N) is 1. The molecular weight excluding hydrogens is 225 g/mol. The predicted octanol–water partition coefficient (Wildman–Crippen LogP) is 1.15. The molecule has 1 aromatic heterocycles. The van der Waals surface area contributed by atoms with Crippen molar-refractivity contribution in [3.63, 3.8) is 0 Å². The minimum atomic E-state index is -1.99. The molecule has 1 rings (SSSR count). The van der Waals surface area contributed by atoms with Crippen LogP contribution >= 0.6 is 7.94 Å². The van der Waals surface area contributed by atoms with Gasteiger partial charge in [0.25, 0.3) is 0 Å². The van der Waals surface area contributed by atoms with Gasteiger partial charge in [0, 0.05) is 54.7 Å². The predicted molar refractivity (Wildman–Crippen MR) is 67.2 cm³/mol. The number of imidazole rings is 1. The molecule has 0 fully saturated rings. The molecule has 0 radical (unpaired) electrons. The average molecular weight is 246 g/mol. The molecule has 0 saturated carbocycles. The van der Waals surface area contributed by atoms with Crippen molar-refractivity contribution in [2.45, 2.75) is 0 Å². The van der Waals surface area contributed by atoms with Gasteiger partial charge in [-0.1, -0.05) is 0 Å². The molecule has 0 aromatic carbocycles. The number of hydrogen-bond donors (Lipinski definition) is 1. The Morgan fingerprint density at radius 3 is 1.88 bits per heavy atom. The monoisotopic (exact) mass is 246 g/mol. The maximum absolute atomic E-state index is 6.05. The summed E-state index contributed by atoms with van der Waals surface area (Å²) in [5, 5.41) is 0. The highest BCUT2D eigenvalue weighted by molar-refractivity contribution is 7.64. The third kappa shape index (κ3) is 2.35. The number of hydrogen-bond acceptors (Lipinski definition) is 5. The molecular formula is C9H21N5OP+. The quantitative estimate of drug-likeness (QED) is 0.790. The van der Waals surface area contributed by atoms with Crippen LogP contribution in [0.2, 0.25) is 0 Å². The third-order valence-corrected chi connectivity index (χ3v) is 5.79. The lowest BCUT2D eigenvalue weighted by molar-refractivity contribution is 0.341. The van der Waals surface area contributed by atoms with E-state index in [0.29, 0.717) is 6.01 Å². The summed E-state index contributed by atoms with van der Waals surface area (Å²) in [4.78, 5) is 7.09. The first kappa shape index (κ1) is 13.4. The van der Waals surface area contributed by atoms with Crippen LogP contribution in [0, 0.1) is 0 Å². The largest absolute Gasteiger partial charge is 0.421 e. The van der Waals surface area contributed by atoms with E-state index in [1.807, 2.05) is 42.3 Å². The first-order valence-corrected chi connectivity index (χ1v) is 6.59. The van der Waals surface area contributed by atoms with Crippen LogP contribution < -0.4 is 4.52 Å². The van der Waals surface area contributed by atoms with E-state index in [9.17, 15) is 0 Å². The summed E-state index contributed by atoms with van der Waals surface area (Å²) in [6.45, 7) is 0. The maximum Gasteiger partial charge on any atom is 0.421 e. The zero-order valence-corrected chi connectivity index (χ0v) is 11.7. The van der Waals surface area contributed by atoms with E-state index in [1.165, 1.54) is 0 Å². The molecule has 0 unspecified atom stereocenters. The lowest BCUT2D eigenvalue weighted by atomic mass is 11.0. The third-order valence-electron chi connectivity index (χ3n) is 2.25. The highest BCUT2D eigenvalue weighted by Crippen LogP contribution is 2.63. The molecule has 16 heavy (non-hydrogen) atoms. The van der Waals surface area contributed by atoms with Gasteiger partial charge < -0.3 is 4.98 Å². The fraction of sp³-hybridized carbons (Fsp3) is 0.667. The molecule has 1 heterocycles. The van der Waals surface area contributed by atoms with Gasteiger partial charge in [0.05, 0.1) is 0 Å². The van der Waals surface area contributed by atoms with Crippen LogP contribution in [0.3, 0.4) is 0 Å². The summed E-state index contributed by atoms with van der Waals surface area (Å²) >= 11 is 0. The first-order chi connectivity index (χ1) is 7.41.